The molecule has 0 radical (unpaired) electrons. The highest BCUT2D eigenvalue weighted by atomic mass is 14.9. The number of amidine groups is 1. The van der Waals surface area contributed by atoms with Crippen LogP contribution in [0.25, 0.3) is 0 Å². The molecule has 0 amide bonds. The van der Waals surface area contributed by atoms with Crippen molar-refractivity contribution in [3.8, 4) is 0 Å². The molecule has 2 heteroatoms. The molecule has 0 aromatic heterocycles. The molecule has 0 saturated carbocycles. The highest BCUT2D eigenvalue weighted by molar-refractivity contribution is 5.78. The van der Waals surface area contributed by atoms with Crippen LogP contribution in [-0.4, -0.2) is 5.84 Å². The summed E-state index contributed by atoms with van der Waals surface area (Å²) >= 11 is 0. The summed E-state index contributed by atoms with van der Waals surface area (Å²) in [5.41, 5.74) is 6.52. The van der Waals surface area contributed by atoms with Gasteiger partial charge in [0, 0.05) is 0 Å². The van der Waals surface area contributed by atoms with Crippen molar-refractivity contribution in [1.29, 1.82) is 0 Å². The van der Waals surface area contributed by atoms with E-state index in [-0.39, 0.29) is 5.54 Å². The lowest BCUT2D eigenvalue weighted by Gasteiger charge is -2.20. The first-order valence-corrected chi connectivity index (χ1v) is 4.40. The third-order valence-electron chi connectivity index (χ3n) is 1.94. The molecule has 0 aliphatic carbocycles. The van der Waals surface area contributed by atoms with Gasteiger partial charge in [0.2, 0.25) is 0 Å². The van der Waals surface area contributed by atoms with Gasteiger partial charge >= 0.3 is 0 Å². The number of hydrogen-bond donors (Lipinski definition) is 1. The van der Waals surface area contributed by atoms with Crippen LogP contribution in [0.1, 0.15) is 26.3 Å². The average Bonchev–Trinajstić information content (AvgIpc) is 2.04. The highest BCUT2D eigenvalue weighted by Crippen LogP contribution is 2.23. The molecule has 1 rings (SSSR count). The van der Waals surface area contributed by atoms with E-state index in [1.807, 2.05) is 25.1 Å². The average molecular weight is 176 g/mol. The van der Waals surface area contributed by atoms with E-state index >= 15 is 0 Å². The molecule has 1 aromatic carbocycles. The largest absolute Gasteiger partial charge is 0.388 e. The third kappa shape index (κ3) is 2.58. The first-order chi connectivity index (χ1) is 6.02. The number of rotatable bonds is 2. The van der Waals surface area contributed by atoms with E-state index in [1.54, 1.807) is 0 Å². The summed E-state index contributed by atoms with van der Waals surface area (Å²) in [6.45, 7) is 5.92. The summed E-state index contributed by atoms with van der Waals surface area (Å²) in [5.74, 6) is 0.619. The summed E-state index contributed by atoms with van der Waals surface area (Å²) in [4.78, 5) is 4.37. The van der Waals surface area contributed by atoms with Crippen LogP contribution in [0.5, 0.6) is 0 Å². The van der Waals surface area contributed by atoms with Gasteiger partial charge in [0.1, 0.15) is 0 Å². The standard InChI is InChI=1S/C11H16N2/c1-9(12)13-11(2,3)10-7-5-4-6-8-10/h4-8H,1-3H3,(H2,12,13). The quantitative estimate of drug-likeness (QED) is 0.545. The first-order valence-electron chi connectivity index (χ1n) is 4.40. The van der Waals surface area contributed by atoms with Gasteiger partial charge in [0.05, 0.1) is 11.4 Å². The summed E-state index contributed by atoms with van der Waals surface area (Å²) < 4.78 is 0. The zero-order valence-corrected chi connectivity index (χ0v) is 8.41. The molecule has 0 fully saturated rings. The van der Waals surface area contributed by atoms with E-state index in [2.05, 4.69) is 31.0 Å². The van der Waals surface area contributed by atoms with Crippen LogP contribution < -0.4 is 5.73 Å². The summed E-state index contributed by atoms with van der Waals surface area (Å²) in [7, 11) is 0. The van der Waals surface area contributed by atoms with Crippen molar-refractivity contribution in [2.24, 2.45) is 10.7 Å². The Bertz CT molecular complexity index is 295. The Morgan fingerprint density at radius 1 is 1.23 bits per heavy atom. The fourth-order valence-corrected chi connectivity index (χ4v) is 1.35. The van der Waals surface area contributed by atoms with Gasteiger partial charge in [-0.3, -0.25) is 4.99 Å². The Morgan fingerprint density at radius 3 is 2.23 bits per heavy atom. The predicted molar refractivity (Wildman–Crippen MR) is 56.8 cm³/mol. The van der Waals surface area contributed by atoms with Gasteiger partial charge < -0.3 is 5.73 Å². The third-order valence-corrected chi connectivity index (χ3v) is 1.94. The Labute approximate surface area is 79.5 Å². The second-order valence-electron chi connectivity index (χ2n) is 3.68. The lowest BCUT2D eigenvalue weighted by Crippen LogP contribution is -2.19. The maximum absolute atomic E-state index is 5.57. The van der Waals surface area contributed by atoms with Crippen LogP contribution in [0.3, 0.4) is 0 Å². The fourth-order valence-electron chi connectivity index (χ4n) is 1.35. The molecule has 0 unspecified atom stereocenters. The van der Waals surface area contributed by atoms with E-state index in [9.17, 15) is 0 Å². The molecule has 0 atom stereocenters. The van der Waals surface area contributed by atoms with Gasteiger partial charge in [-0.15, -0.1) is 0 Å². The van der Waals surface area contributed by atoms with Crippen molar-refractivity contribution < 1.29 is 0 Å². The molecule has 2 N–H and O–H groups in total. The normalized spacial score (nSPS) is 13.0. The van der Waals surface area contributed by atoms with Crippen molar-refractivity contribution in [2.75, 3.05) is 0 Å². The summed E-state index contributed by atoms with van der Waals surface area (Å²) in [6.07, 6.45) is 0. The molecule has 1 aromatic rings. The van der Waals surface area contributed by atoms with Crippen molar-refractivity contribution in [3.63, 3.8) is 0 Å². The van der Waals surface area contributed by atoms with E-state index < -0.39 is 0 Å². The summed E-state index contributed by atoms with van der Waals surface area (Å²) in [5, 5.41) is 0. The van der Waals surface area contributed by atoms with Crippen LogP contribution in [-0.2, 0) is 5.54 Å². The van der Waals surface area contributed by atoms with Gasteiger partial charge in [-0.1, -0.05) is 30.3 Å². The minimum atomic E-state index is -0.222. The fraction of sp³-hybridized carbons (Fsp3) is 0.364. The number of aliphatic imine (C=N–C) groups is 1. The zero-order valence-electron chi connectivity index (χ0n) is 8.41. The molecule has 0 aliphatic heterocycles. The molecule has 0 spiro atoms. The number of nitrogens with zero attached hydrogens (tertiary/aromatic N) is 1. The van der Waals surface area contributed by atoms with Gasteiger partial charge in [-0.25, -0.2) is 0 Å². The first kappa shape index (κ1) is 9.78. The van der Waals surface area contributed by atoms with Crippen LogP contribution in [0.4, 0.5) is 0 Å². The SMILES string of the molecule is CC(N)=NC(C)(C)c1ccccc1. The lowest BCUT2D eigenvalue weighted by atomic mass is 9.95. The van der Waals surface area contributed by atoms with E-state index in [1.165, 1.54) is 5.56 Å². The Kier molecular flexibility index (Phi) is 2.71. The molecular weight excluding hydrogens is 160 g/mol. The maximum Gasteiger partial charge on any atom is 0.0916 e. The monoisotopic (exact) mass is 176 g/mol. The number of nitrogens with two attached hydrogens (primary N) is 1. The van der Waals surface area contributed by atoms with E-state index in [0.29, 0.717) is 5.84 Å². The van der Waals surface area contributed by atoms with Crippen molar-refractivity contribution in [1.82, 2.24) is 0 Å². The number of benzene rings is 1. The molecule has 0 saturated heterocycles. The van der Waals surface area contributed by atoms with Crippen molar-refractivity contribution in [2.45, 2.75) is 26.3 Å². The van der Waals surface area contributed by atoms with Gasteiger partial charge in [0.15, 0.2) is 0 Å². The molecule has 0 bridgehead atoms. The van der Waals surface area contributed by atoms with Crippen LogP contribution in [0.2, 0.25) is 0 Å². The Balaban J connectivity index is 3.01. The Morgan fingerprint density at radius 2 is 1.77 bits per heavy atom. The maximum atomic E-state index is 5.57. The smallest absolute Gasteiger partial charge is 0.0916 e. The number of hydrogen-bond acceptors (Lipinski definition) is 1. The van der Waals surface area contributed by atoms with E-state index in [4.69, 9.17) is 5.73 Å². The zero-order chi connectivity index (χ0) is 9.90. The predicted octanol–water partition coefficient (Wildman–Crippen LogP) is 2.30. The van der Waals surface area contributed by atoms with Crippen molar-refractivity contribution in [3.05, 3.63) is 35.9 Å². The minimum Gasteiger partial charge on any atom is -0.388 e. The van der Waals surface area contributed by atoms with Crippen LogP contribution in [0, 0.1) is 0 Å². The molecule has 0 aliphatic rings. The van der Waals surface area contributed by atoms with Crippen LogP contribution >= 0.6 is 0 Å². The van der Waals surface area contributed by atoms with Crippen LogP contribution in [0.15, 0.2) is 35.3 Å². The highest BCUT2D eigenvalue weighted by Gasteiger charge is 2.17. The molecule has 2 nitrogen and oxygen atoms in total. The van der Waals surface area contributed by atoms with Gasteiger partial charge in [-0.2, -0.15) is 0 Å². The van der Waals surface area contributed by atoms with E-state index in [0.717, 1.165) is 0 Å². The second-order valence-corrected chi connectivity index (χ2v) is 3.68. The lowest BCUT2D eigenvalue weighted by molar-refractivity contribution is 0.557. The Hall–Kier alpha value is -1.31. The van der Waals surface area contributed by atoms with Crippen molar-refractivity contribution >= 4 is 5.84 Å². The van der Waals surface area contributed by atoms with Gasteiger partial charge in [-0.05, 0) is 26.3 Å². The molecule has 13 heavy (non-hydrogen) atoms. The molecular formula is C11H16N2. The second kappa shape index (κ2) is 3.60. The minimum absolute atomic E-state index is 0.222. The summed E-state index contributed by atoms with van der Waals surface area (Å²) in [6, 6.07) is 10.1. The van der Waals surface area contributed by atoms with Gasteiger partial charge in [0.25, 0.3) is 0 Å². The topological polar surface area (TPSA) is 38.4 Å². The molecule has 0 heterocycles. The molecule has 70 valence electrons.